The molecule has 6 heteroatoms. The van der Waals surface area contributed by atoms with Crippen LogP contribution in [0, 0.1) is 0 Å². The van der Waals surface area contributed by atoms with Crippen molar-refractivity contribution >= 4 is 22.8 Å². The first-order valence-electron chi connectivity index (χ1n) is 9.12. The largest absolute Gasteiger partial charge is 0.449 e. The van der Waals surface area contributed by atoms with E-state index in [1.54, 1.807) is 13.2 Å². The van der Waals surface area contributed by atoms with Crippen molar-refractivity contribution in [3.8, 4) is 0 Å². The lowest BCUT2D eigenvalue weighted by Gasteiger charge is -2.13. The van der Waals surface area contributed by atoms with Crippen LogP contribution in [-0.4, -0.2) is 31.6 Å². The number of methoxy groups -OCH3 is 1. The summed E-state index contributed by atoms with van der Waals surface area (Å²) in [4.78, 5) is 24.8. The number of hydrogen-bond donors (Lipinski definition) is 1. The number of rotatable bonds is 8. The van der Waals surface area contributed by atoms with Gasteiger partial charge in [0.15, 0.2) is 6.10 Å². The molecule has 0 aliphatic heterocycles. The third kappa shape index (κ3) is 4.58. The van der Waals surface area contributed by atoms with Gasteiger partial charge >= 0.3 is 5.97 Å². The molecule has 28 heavy (non-hydrogen) atoms. The van der Waals surface area contributed by atoms with E-state index in [0.717, 1.165) is 10.9 Å². The second-order valence-corrected chi connectivity index (χ2v) is 6.41. The van der Waals surface area contributed by atoms with E-state index in [1.807, 2.05) is 48.5 Å². The van der Waals surface area contributed by atoms with Crippen molar-refractivity contribution in [1.29, 1.82) is 0 Å². The lowest BCUT2D eigenvalue weighted by molar-refractivity contribution is -0.129. The second-order valence-electron chi connectivity index (χ2n) is 6.41. The monoisotopic (exact) mass is 381 g/mol. The molecule has 1 heterocycles. The fourth-order valence-electron chi connectivity index (χ4n) is 2.94. The zero-order valence-corrected chi connectivity index (χ0v) is 15.9. The van der Waals surface area contributed by atoms with E-state index >= 15 is 0 Å². The minimum absolute atomic E-state index is 0.0620. The number of ether oxygens (including phenoxy) is 2. The van der Waals surface area contributed by atoms with Gasteiger partial charge in [0.1, 0.15) is 5.58 Å². The molecule has 0 radical (unpaired) electrons. The smallest absolute Gasteiger partial charge is 0.375 e. The molecular weight excluding hydrogens is 358 g/mol. The van der Waals surface area contributed by atoms with Crippen LogP contribution in [-0.2, 0) is 27.3 Å². The van der Waals surface area contributed by atoms with E-state index in [2.05, 4.69) is 5.32 Å². The Kier molecular flexibility index (Phi) is 6.45. The number of para-hydroxylation sites is 1. The van der Waals surface area contributed by atoms with E-state index in [9.17, 15) is 9.59 Å². The Balaban J connectivity index is 1.61. The predicted molar refractivity (Wildman–Crippen MR) is 105 cm³/mol. The van der Waals surface area contributed by atoms with Gasteiger partial charge in [0.2, 0.25) is 5.76 Å². The van der Waals surface area contributed by atoms with E-state index in [1.165, 1.54) is 6.92 Å². The van der Waals surface area contributed by atoms with E-state index in [0.29, 0.717) is 24.1 Å². The molecule has 3 rings (SSSR count). The van der Waals surface area contributed by atoms with Crippen LogP contribution in [0.2, 0.25) is 0 Å². The van der Waals surface area contributed by atoms with Crippen molar-refractivity contribution in [2.45, 2.75) is 26.1 Å². The van der Waals surface area contributed by atoms with Crippen LogP contribution in [0.15, 0.2) is 59.0 Å². The van der Waals surface area contributed by atoms with Gasteiger partial charge in [0.05, 0.1) is 6.61 Å². The number of carbonyl (C=O) groups is 2. The lowest BCUT2D eigenvalue weighted by Crippen LogP contribution is -2.37. The molecule has 3 aromatic rings. The first-order valence-corrected chi connectivity index (χ1v) is 9.12. The average molecular weight is 381 g/mol. The van der Waals surface area contributed by atoms with Crippen molar-refractivity contribution in [2.24, 2.45) is 0 Å². The van der Waals surface area contributed by atoms with Crippen LogP contribution in [0.5, 0.6) is 0 Å². The van der Waals surface area contributed by atoms with Crippen LogP contribution in [0.4, 0.5) is 0 Å². The summed E-state index contributed by atoms with van der Waals surface area (Å²) in [7, 11) is 1.54. The van der Waals surface area contributed by atoms with Gasteiger partial charge < -0.3 is 19.2 Å². The second kappa shape index (κ2) is 9.19. The zero-order valence-electron chi connectivity index (χ0n) is 15.9. The van der Waals surface area contributed by atoms with Gasteiger partial charge in [-0.1, -0.05) is 48.5 Å². The summed E-state index contributed by atoms with van der Waals surface area (Å²) < 4.78 is 16.1. The van der Waals surface area contributed by atoms with Gasteiger partial charge in [-0.2, -0.15) is 0 Å². The summed E-state index contributed by atoms with van der Waals surface area (Å²) in [6.45, 7) is 2.21. The number of hydrogen-bond acceptors (Lipinski definition) is 5. The van der Waals surface area contributed by atoms with Crippen LogP contribution >= 0.6 is 0 Å². The maximum absolute atomic E-state index is 12.6. The molecule has 0 saturated heterocycles. The van der Waals surface area contributed by atoms with Gasteiger partial charge in [-0.05, 0) is 25.0 Å². The number of fused-ring (bicyclic) bond motifs is 1. The highest BCUT2D eigenvalue weighted by molar-refractivity contribution is 5.97. The molecule has 0 bridgehead atoms. The van der Waals surface area contributed by atoms with E-state index < -0.39 is 12.1 Å². The lowest BCUT2D eigenvalue weighted by atomic mass is 10.1. The Morgan fingerprint density at radius 3 is 2.54 bits per heavy atom. The van der Waals surface area contributed by atoms with Crippen LogP contribution in [0.1, 0.15) is 28.6 Å². The van der Waals surface area contributed by atoms with Gasteiger partial charge in [-0.3, -0.25) is 4.79 Å². The van der Waals surface area contributed by atoms with Crippen molar-refractivity contribution in [2.75, 3.05) is 13.7 Å². The average Bonchev–Trinajstić information content (AvgIpc) is 3.08. The summed E-state index contributed by atoms with van der Waals surface area (Å²) in [6.07, 6.45) is -0.235. The first-order chi connectivity index (χ1) is 13.6. The molecule has 0 aliphatic rings. The SMILES string of the molecule is COCc1c(C(=O)O[C@@H](C)C(=O)NCCc2ccccc2)oc2ccccc12. The number of amides is 1. The van der Waals surface area contributed by atoms with Gasteiger partial charge in [0, 0.05) is 24.6 Å². The van der Waals surface area contributed by atoms with Gasteiger partial charge in [-0.25, -0.2) is 4.79 Å². The normalized spacial score (nSPS) is 11.9. The molecule has 1 N–H and O–H groups in total. The zero-order chi connectivity index (χ0) is 19.9. The summed E-state index contributed by atoms with van der Waals surface area (Å²) in [6, 6.07) is 17.1. The highest BCUT2D eigenvalue weighted by Crippen LogP contribution is 2.27. The Hall–Kier alpha value is -3.12. The molecule has 1 amide bonds. The topological polar surface area (TPSA) is 77.8 Å². The van der Waals surface area contributed by atoms with Crippen LogP contribution < -0.4 is 5.32 Å². The highest BCUT2D eigenvalue weighted by Gasteiger charge is 2.25. The highest BCUT2D eigenvalue weighted by atomic mass is 16.6. The van der Waals surface area contributed by atoms with Crippen molar-refractivity contribution in [3.05, 3.63) is 71.5 Å². The molecule has 0 aliphatic carbocycles. The maximum Gasteiger partial charge on any atom is 0.375 e. The summed E-state index contributed by atoms with van der Waals surface area (Å²) >= 11 is 0. The summed E-state index contributed by atoms with van der Waals surface area (Å²) in [5.41, 5.74) is 2.31. The number of furan rings is 1. The van der Waals surface area contributed by atoms with Gasteiger partial charge in [-0.15, -0.1) is 0 Å². The Labute approximate surface area is 163 Å². The number of esters is 1. The molecule has 2 aromatic carbocycles. The minimum atomic E-state index is -0.938. The molecule has 146 valence electrons. The number of carbonyl (C=O) groups excluding carboxylic acids is 2. The number of benzene rings is 2. The molecular formula is C22H23NO5. The summed E-state index contributed by atoms with van der Waals surface area (Å²) in [5.74, 6) is -0.977. The standard InChI is InChI=1S/C22H23NO5/c1-15(21(24)23-13-12-16-8-4-3-5-9-16)27-22(25)20-18(14-26-2)17-10-6-7-11-19(17)28-20/h3-11,15H,12-14H2,1-2H3,(H,23,24)/t15-/m0/s1. The molecule has 6 nitrogen and oxygen atoms in total. The maximum atomic E-state index is 12.6. The Morgan fingerprint density at radius 1 is 1.07 bits per heavy atom. The Bertz CT molecular complexity index is 948. The van der Waals surface area contributed by atoms with Gasteiger partial charge in [0.25, 0.3) is 5.91 Å². The summed E-state index contributed by atoms with van der Waals surface area (Å²) in [5, 5.41) is 3.57. The number of nitrogens with one attached hydrogen (secondary N) is 1. The molecule has 0 spiro atoms. The van der Waals surface area contributed by atoms with Crippen molar-refractivity contribution < 1.29 is 23.5 Å². The predicted octanol–water partition coefficient (Wildman–Crippen LogP) is 3.48. The van der Waals surface area contributed by atoms with Crippen LogP contribution in [0.25, 0.3) is 11.0 Å². The first kappa shape index (κ1) is 19.6. The van der Waals surface area contributed by atoms with E-state index in [-0.39, 0.29) is 18.3 Å². The van der Waals surface area contributed by atoms with Crippen molar-refractivity contribution in [3.63, 3.8) is 0 Å². The minimum Gasteiger partial charge on any atom is -0.449 e. The third-order valence-corrected chi connectivity index (χ3v) is 4.38. The molecule has 0 fully saturated rings. The molecule has 1 atom stereocenters. The fourth-order valence-corrected chi connectivity index (χ4v) is 2.94. The molecule has 0 saturated carbocycles. The molecule has 0 unspecified atom stereocenters. The fraction of sp³-hybridized carbons (Fsp3) is 0.273. The van der Waals surface area contributed by atoms with Crippen molar-refractivity contribution in [1.82, 2.24) is 5.32 Å². The van der Waals surface area contributed by atoms with E-state index in [4.69, 9.17) is 13.9 Å². The third-order valence-electron chi connectivity index (χ3n) is 4.38. The van der Waals surface area contributed by atoms with Crippen LogP contribution in [0.3, 0.4) is 0 Å². The quantitative estimate of drug-likeness (QED) is 0.605. The Morgan fingerprint density at radius 2 is 1.79 bits per heavy atom. The molecule has 1 aromatic heterocycles.